The Morgan fingerprint density at radius 3 is 2.19 bits per heavy atom. The van der Waals surface area contributed by atoms with Gasteiger partial charge < -0.3 is 10.1 Å². The van der Waals surface area contributed by atoms with Crippen LogP contribution in [-0.4, -0.2) is 19.2 Å². The van der Waals surface area contributed by atoms with Gasteiger partial charge in [-0.25, -0.2) is 0 Å². The van der Waals surface area contributed by atoms with E-state index in [-0.39, 0.29) is 6.10 Å². The minimum Gasteiger partial charge on any atom is -0.372 e. The summed E-state index contributed by atoms with van der Waals surface area (Å²) in [6.07, 6.45) is 4.99. The molecule has 2 heteroatoms. The Hall–Kier alpha value is -0.860. The molecular weight excluding hydrogens is 258 g/mol. The molecule has 0 saturated carbocycles. The van der Waals surface area contributed by atoms with Gasteiger partial charge in [0.15, 0.2) is 0 Å². The molecule has 2 atom stereocenters. The third-order valence-corrected chi connectivity index (χ3v) is 4.24. The smallest absolute Gasteiger partial charge is 0.0977 e. The van der Waals surface area contributed by atoms with Gasteiger partial charge >= 0.3 is 0 Å². The first-order chi connectivity index (χ1) is 10.3. The summed E-state index contributed by atoms with van der Waals surface area (Å²) >= 11 is 0. The monoisotopic (exact) mass is 291 g/mol. The van der Waals surface area contributed by atoms with Crippen LogP contribution in [0.4, 0.5) is 0 Å². The Morgan fingerprint density at radius 1 is 1.00 bits per heavy atom. The van der Waals surface area contributed by atoms with Crippen molar-refractivity contribution < 1.29 is 4.74 Å². The van der Waals surface area contributed by atoms with Crippen LogP contribution in [0.25, 0.3) is 0 Å². The molecule has 120 valence electrons. The van der Waals surface area contributed by atoms with Crippen molar-refractivity contribution in [2.75, 3.05) is 13.2 Å². The zero-order valence-electron chi connectivity index (χ0n) is 14.3. The van der Waals surface area contributed by atoms with Crippen molar-refractivity contribution >= 4 is 0 Å². The molecule has 0 bridgehead atoms. The van der Waals surface area contributed by atoms with Crippen molar-refractivity contribution in [1.29, 1.82) is 0 Å². The summed E-state index contributed by atoms with van der Waals surface area (Å²) in [5.74, 6) is 0.769. The van der Waals surface area contributed by atoms with Gasteiger partial charge in [-0.3, -0.25) is 0 Å². The van der Waals surface area contributed by atoms with Crippen LogP contribution in [0.1, 0.15) is 65.0 Å². The molecule has 1 rings (SSSR count). The predicted octanol–water partition coefficient (Wildman–Crippen LogP) is 4.96. The van der Waals surface area contributed by atoms with Crippen molar-refractivity contribution in [3.8, 4) is 0 Å². The van der Waals surface area contributed by atoms with Gasteiger partial charge in [-0.1, -0.05) is 63.9 Å². The van der Waals surface area contributed by atoms with Crippen LogP contribution in [0.15, 0.2) is 30.3 Å². The van der Waals surface area contributed by atoms with Crippen LogP contribution < -0.4 is 5.32 Å². The molecule has 0 aliphatic rings. The molecule has 1 N–H and O–H groups in total. The van der Waals surface area contributed by atoms with Gasteiger partial charge in [0.1, 0.15) is 0 Å². The molecule has 0 spiro atoms. The van der Waals surface area contributed by atoms with Crippen molar-refractivity contribution in [2.24, 2.45) is 5.92 Å². The zero-order valence-corrected chi connectivity index (χ0v) is 14.3. The SMILES string of the molecule is CCCNC(CC(CC)CC)C(OCC)c1ccccc1. The highest BCUT2D eigenvalue weighted by molar-refractivity contribution is 5.19. The van der Waals surface area contributed by atoms with E-state index in [0.29, 0.717) is 6.04 Å². The highest BCUT2D eigenvalue weighted by Gasteiger charge is 2.25. The largest absolute Gasteiger partial charge is 0.372 e. The first-order valence-corrected chi connectivity index (χ1v) is 8.66. The molecule has 1 aromatic carbocycles. The van der Waals surface area contributed by atoms with E-state index >= 15 is 0 Å². The highest BCUT2D eigenvalue weighted by Crippen LogP contribution is 2.27. The lowest BCUT2D eigenvalue weighted by atomic mass is 9.89. The molecule has 0 amide bonds. The predicted molar refractivity (Wildman–Crippen MR) is 91.6 cm³/mol. The third kappa shape index (κ3) is 6.19. The van der Waals surface area contributed by atoms with Crippen LogP contribution in [0.3, 0.4) is 0 Å². The van der Waals surface area contributed by atoms with Gasteiger partial charge in [-0.15, -0.1) is 0 Å². The maximum Gasteiger partial charge on any atom is 0.0977 e. The van der Waals surface area contributed by atoms with Crippen LogP contribution in [0, 0.1) is 5.92 Å². The van der Waals surface area contributed by atoms with Gasteiger partial charge in [0.05, 0.1) is 6.10 Å². The lowest BCUT2D eigenvalue weighted by Gasteiger charge is -2.31. The van der Waals surface area contributed by atoms with E-state index < -0.39 is 0 Å². The minimum absolute atomic E-state index is 0.156. The quantitative estimate of drug-likeness (QED) is 0.622. The van der Waals surface area contributed by atoms with Crippen molar-refractivity contribution in [2.45, 2.75) is 65.5 Å². The Bertz CT molecular complexity index is 348. The van der Waals surface area contributed by atoms with Crippen molar-refractivity contribution in [3.05, 3.63) is 35.9 Å². The summed E-state index contributed by atoms with van der Waals surface area (Å²) in [5, 5.41) is 3.73. The first-order valence-electron chi connectivity index (χ1n) is 8.66. The molecule has 0 aliphatic carbocycles. The van der Waals surface area contributed by atoms with Crippen LogP contribution in [-0.2, 0) is 4.74 Å². The fourth-order valence-electron chi connectivity index (χ4n) is 2.89. The summed E-state index contributed by atoms with van der Waals surface area (Å²) in [6.45, 7) is 10.7. The number of ether oxygens (including phenoxy) is 1. The van der Waals surface area contributed by atoms with Gasteiger partial charge in [0.25, 0.3) is 0 Å². The molecule has 2 nitrogen and oxygen atoms in total. The number of hydrogen-bond acceptors (Lipinski definition) is 2. The van der Waals surface area contributed by atoms with E-state index in [2.05, 4.69) is 63.3 Å². The molecule has 0 radical (unpaired) electrons. The average molecular weight is 291 g/mol. The fraction of sp³-hybridized carbons (Fsp3) is 0.684. The second-order valence-corrected chi connectivity index (χ2v) is 5.77. The van der Waals surface area contributed by atoms with Crippen molar-refractivity contribution in [1.82, 2.24) is 5.32 Å². The zero-order chi connectivity index (χ0) is 15.5. The van der Waals surface area contributed by atoms with E-state index in [1.54, 1.807) is 0 Å². The Balaban J connectivity index is 2.88. The molecule has 0 aromatic heterocycles. The standard InChI is InChI=1S/C19H33NO/c1-5-14-20-18(15-16(6-2)7-3)19(21-8-4)17-12-10-9-11-13-17/h9-13,16,18-20H,5-8,14-15H2,1-4H3. The lowest BCUT2D eigenvalue weighted by Crippen LogP contribution is -2.38. The normalized spacial score (nSPS) is 14.3. The van der Waals surface area contributed by atoms with E-state index in [4.69, 9.17) is 4.74 Å². The van der Waals surface area contributed by atoms with Gasteiger partial charge in [-0.2, -0.15) is 0 Å². The number of hydrogen-bond donors (Lipinski definition) is 1. The molecule has 0 fully saturated rings. The summed E-state index contributed by atoms with van der Waals surface area (Å²) in [4.78, 5) is 0. The average Bonchev–Trinajstić information content (AvgIpc) is 2.54. The molecule has 0 saturated heterocycles. The molecule has 2 unspecified atom stereocenters. The summed E-state index contributed by atoms with van der Waals surface area (Å²) < 4.78 is 6.11. The number of benzene rings is 1. The second kappa shape index (κ2) is 10.8. The maximum atomic E-state index is 6.11. The van der Waals surface area contributed by atoms with Crippen molar-refractivity contribution in [3.63, 3.8) is 0 Å². The molecule has 0 aliphatic heterocycles. The van der Waals surface area contributed by atoms with Gasteiger partial charge in [0, 0.05) is 12.6 Å². The Labute approximate surface area is 131 Å². The van der Waals surface area contributed by atoms with Crippen LogP contribution in [0.5, 0.6) is 0 Å². The Morgan fingerprint density at radius 2 is 1.67 bits per heavy atom. The summed E-state index contributed by atoms with van der Waals surface area (Å²) in [5.41, 5.74) is 1.29. The molecule has 1 aromatic rings. The lowest BCUT2D eigenvalue weighted by molar-refractivity contribution is 0.0259. The number of nitrogens with one attached hydrogen (secondary N) is 1. The highest BCUT2D eigenvalue weighted by atomic mass is 16.5. The molecule has 21 heavy (non-hydrogen) atoms. The number of rotatable bonds is 11. The second-order valence-electron chi connectivity index (χ2n) is 5.77. The first kappa shape index (κ1) is 18.2. The topological polar surface area (TPSA) is 21.3 Å². The third-order valence-electron chi connectivity index (χ3n) is 4.24. The van der Waals surface area contributed by atoms with E-state index in [1.165, 1.54) is 24.8 Å². The van der Waals surface area contributed by atoms with E-state index in [0.717, 1.165) is 25.5 Å². The molecule has 0 heterocycles. The van der Waals surface area contributed by atoms with Crippen LogP contribution >= 0.6 is 0 Å². The fourth-order valence-corrected chi connectivity index (χ4v) is 2.89. The Kier molecular flexibility index (Phi) is 9.36. The maximum absolute atomic E-state index is 6.11. The van der Waals surface area contributed by atoms with Crippen LogP contribution in [0.2, 0.25) is 0 Å². The summed E-state index contributed by atoms with van der Waals surface area (Å²) in [7, 11) is 0. The van der Waals surface area contributed by atoms with Gasteiger partial charge in [-0.05, 0) is 37.8 Å². The summed E-state index contributed by atoms with van der Waals surface area (Å²) in [6, 6.07) is 11.1. The molecular formula is C19H33NO. The van der Waals surface area contributed by atoms with Gasteiger partial charge in [0.2, 0.25) is 0 Å². The van der Waals surface area contributed by atoms with E-state index in [1.807, 2.05) is 0 Å². The van der Waals surface area contributed by atoms with E-state index in [9.17, 15) is 0 Å². The minimum atomic E-state index is 0.156.